The lowest BCUT2D eigenvalue weighted by Crippen LogP contribution is -2.27. The van der Waals surface area contributed by atoms with Gasteiger partial charge >= 0.3 is 0 Å². The highest BCUT2D eigenvalue weighted by Crippen LogP contribution is 2.34. The Morgan fingerprint density at radius 1 is 1.20 bits per heavy atom. The normalized spacial score (nSPS) is 13.3. The number of fused-ring (bicyclic) bond motifs is 1. The van der Waals surface area contributed by atoms with E-state index in [4.69, 9.17) is 19.7 Å². The Bertz CT molecular complexity index is 338. The molecule has 0 unspecified atom stereocenters. The molecule has 5 nitrogen and oxygen atoms in total. The number of aliphatic hydroxyl groups is 2. The average molecular weight is 211 g/mol. The first-order chi connectivity index (χ1) is 7.33. The van der Waals surface area contributed by atoms with Gasteiger partial charge in [-0.2, -0.15) is 0 Å². The predicted octanol–water partition coefficient (Wildman–Crippen LogP) is 0.180. The molecule has 3 N–H and O–H groups in total. The molecule has 0 saturated carbocycles. The van der Waals surface area contributed by atoms with E-state index in [1.54, 1.807) is 12.1 Å². The lowest BCUT2D eigenvalue weighted by Gasteiger charge is -2.14. The smallest absolute Gasteiger partial charge is 0.231 e. The third kappa shape index (κ3) is 2.14. The van der Waals surface area contributed by atoms with Crippen LogP contribution >= 0.6 is 0 Å². The van der Waals surface area contributed by atoms with Crippen molar-refractivity contribution in [2.75, 3.05) is 25.3 Å². The number of benzene rings is 1. The molecule has 1 aliphatic heterocycles. The van der Waals surface area contributed by atoms with Crippen LogP contribution in [0.4, 0.5) is 5.69 Å². The van der Waals surface area contributed by atoms with Gasteiger partial charge in [0.25, 0.3) is 0 Å². The van der Waals surface area contributed by atoms with Crippen molar-refractivity contribution in [3.05, 3.63) is 18.2 Å². The third-order valence-corrected chi connectivity index (χ3v) is 2.18. The molecule has 1 aromatic rings. The zero-order chi connectivity index (χ0) is 10.7. The summed E-state index contributed by atoms with van der Waals surface area (Å²) in [5.74, 6) is 1.39. The molecule has 0 aromatic heterocycles. The summed E-state index contributed by atoms with van der Waals surface area (Å²) in [5.41, 5.74) is 0.785. The third-order valence-electron chi connectivity index (χ3n) is 2.18. The summed E-state index contributed by atoms with van der Waals surface area (Å²) >= 11 is 0. The van der Waals surface area contributed by atoms with Crippen LogP contribution in [0.3, 0.4) is 0 Å². The Kier molecular flexibility index (Phi) is 2.94. The van der Waals surface area contributed by atoms with Gasteiger partial charge in [0.15, 0.2) is 11.5 Å². The summed E-state index contributed by atoms with van der Waals surface area (Å²) in [6, 6.07) is 5.02. The Hall–Kier alpha value is -1.46. The van der Waals surface area contributed by atoms with E-state index < -0.39 is 0 Å². The van der Waals surface area contributed by atoms with E-state index in [-0.39, 0.29) is 26.0 Å². The van der Waals surface area contributed by atoms with Gasteiger partial charge in [-0.05, 0) is 12.1 Å². The first-order valence-electron chi connectivity index (χ1n) is 4.71. The summed E-state index contributed by atoms with van der Waals surface area (Å²) < 4.78 is 10.4. The monoisotopic (exact) mass is 211 g/mol. The Morgan fingerprint density at radius 2 is 1.93 bits per heavy atom. The SMILES string of the molecule is OCC(CO)Nc1ccc2c(c1)OCO2. The van der Waals surface area contributed by atoms with Crippen LogP contribution in [0.1, 0.15) is 0 Å². The van der Waals surface area contributed by atoms with E-state index in [1.807, 2.05) is 6.07 Å². The molecule has 82 valence electrons. The first-order valence-corrected chi connectivity index (χ1v) is 4.71. The maximum absolute atomic E-state index is 8.90. The van der Waals surface area contributed by atoms with Gasteiger partial charge in [-0.1, -0.05) is 0 Å². The molecule has 1 aromatic carbocycles. The van der Waals surface area contributed by atoms with Crippen LogP contribution in [0.15, 0.2) is 18.2 Å². The molecule has 0 radical (unpaired) electrons. The van der Waals surface area contributed by atoms with Crippen molar-refractivity contribution in [3.63, 3.8) is 0 Å². The van der Waals surface area contributed by atoms with Crippen LogP contribution in [0.25, 0.3) is 0 Å². The quantitative estimate of drug-likeness (QED) is 0.662. The topological polar surface area (TPSA) is 71.0 Å². The number of hydrogen-bond acceptors (Lipinski definition) is 5. The fourth-order valence-corrected chi connectivity index (χ4v) is 1.37. The van der Waals surface area contributed by atoms with Crippen LogP contribution in [0.2, 0.25) is 0 Å². The van der Waals surface area contributed by atoms with Crippen molar-refractivity contribution >= 4 is 5.69 Å². The zero-order valence-electron chi connectivity index (χ0n) is 8.14. The van der Waals surface area contributed by atoms with Gasteiger partial charge < -0.3 is 25.0 Å². The van der Waals surface area contributed by atoms with Crippen LogP contribution in [-0.4, -0.2) is 36.3 Å². The molecule has 2 rings (SSSR count). The molecule has 1 heterocycles. The molecule has 0 atom stereocenters. The second-order valence-electron chi connectivity index (χ2n) is 3.27. The van der Waals surface area contributed by atoms with Crippen molar-refractivity contribution in [2.45, 2.75) is 6.04 Å². The summed E-state index contributed by atoms with van der Waals surface area (Å²) in [4.78, 5) is 0. The fourth-order valence-electron chi connectivity index (χ4n) is 1.37. The summed E-state index contributed by atoms with van der Waals surface area (Å²) in [5, 5.41) is 20.8. The Morgan fingerprint density at radius 3 is 2.67 bits per heavy atom. The van der Waals surface area contributed by atoms with E-state index in [0.29, 0.717) is 11.5 Å². The molecular formula is C10H13NO4. The predicted molar refractivity (Wildman–Crippen MR) is 54.1 cm³/mol. The van der Waals surface area contributed by atoms with E-state index in [2.05, 4.69) is 5.32 Å². The lowest BCUT2D eigenvalue weighted by atomic mass is 10.2. The van der Waals surface area contributed by atoms with Crippen molar-refractivity contribution < 1.29 is 19.7 Å². The molecule has 0 saturated heterocycles. The molecular weight excluding hydrogens is 198 g/mol. The highest BCUT2D eigenvalue weighted by Gasteiger charge is 2.14. The number of ether oxygens (including phenoxy) is 2. The molecule has 0 fully saturated rings. The Labute approximate surface area is 87.3 Å². The van der Waals surface area contributed by atoms with Crippen molar-refractivity contribution in [3.8, 4) is 11.5 Å². The van der Waals surface area contributed by atoms with Crippen LogP contribution in [-0.2, 0) is 0 Å². The fraction of sp³-hybridized carbons (Fsp3) is 0.400. The molecule has 0 bridgehead atoms. The summed E-state index contributed by atoms with van der Waals surface area (Å²) in [6.45, 7) is -0.00189. The minimum Gasteiger partial charge on any atom is -0.454 e. The molecule has 0 aliphatic carbocycles. The van der Waals surface area contributed by atoms with Crippen LogP contribution < -0.4 is 14.8 Å². The van der Waals surface area contributed by atoms with E-state index in [1.165, 1.54) is 0 Å². The Balaban J connectivity index is 2.09. The number of anilines is 1. The minimum absolute atomic E-state index is 0.120. The van der Waals surface area contributed by atoms with Gasteiger partial charge in [-0.15, -0.1) is 0 Å². The van der Waals surface area contributed by atoms with E-state index >= 15 is 0 Å². The highest BCUT2D eigenvalue weighted by molar-refractivity contribution is 5.56. The van der Waals surface area contributed by atoms with Crippen molar-refractivity contribution in [1.29, 1.82) is 0 Å². The summed E-state index contributed by atoms with van der Waals surface area (Å²) in [6.07, 6.45) is 0. The van der Waals surface area contributed by atoms with Gasteiger partial charge in [-0.3, -0.25) is 0 Å². The van der Waals surface area contributed by atoms with Gasteiger partial charge in [0.1, 0.15) is 0 Å². The van der Waals surface area contributed by atoms with Gasteiger partial charge in [0, 0.05) is 11.8 Å². The second kappa shape index (κ2) is 4.37. The zero-order valence-corrected chi connectivity index (χ0v) is 8.14. The van der Waals surface area contributed by atoms with Crippen molar-refractivity contribution in [2.24, 2.45) is 0 Å². The number of aliphatic hydroxyl groups excluding tert-OH is 2. The lowest BCUT2D eigenvalue weighted by molar-refractivity contribution is 0.174. The molecule has 5 heteroatoms. The number of rotatable bonds is 4. The largest absolute Gasteiger partial charge is 0.454 e. The van der Waals surface area contributed by atoms with Crippen LogP contribution in [0, 0.1) is 0 Å². The maximum atomic E-state index is 8.90. The molecule has 0 spiro atoms. The number of nitrogens with one attached hydrogen (secondary N) is 1. The average Bonchev–Trinajstić information content (AvgIpc) is 2.73. The maximum Gasteiger partial charge on any atom is 0.231 e. The second-order valence-corrected chi connectivity index (χ2v) is 3.27. The standard InChI is InChI=1S/C10H13NO4/c12-4-8(5-13)11-7-1-2-9-10(3-7)15-6-14-9/h1-3,8,11-13H,4-6H2. The molecule has 15 heavy (non-hydrogen) atoms. The number of hydrogen-bond donors (Lipinski definition) is 3. The minimum atomic E-state index is -0.356. The first kappa shape index (κ1) is 10.1. The molecule has 1 aliphatic rings. The van der Waals surface area contributed by atoms with Gasteiger partial charge in [-0.25, -0.2) is 0 Å². The van der Waals surface area contributed by atoms with Gasteiger partial charge in [0.2, 0.25) is 6.79 Å². The van der Waals surface area contributed by atoms with Crippen molar-refractivity contribution in [1.82, 2.24) is 0 Å². The summed E-state index contributed by atoms with van der Waals surface area (Å²) in [7, 11) is 0. The van der Waals surface area contributed by atoms with Gasteiger partial charge in [0.05, 0.1) is 19.3 Å². The van der Waals surface area contributed by atoms with E-state index in [9.17, 15) is 0 Å². The van der Waals surface area contributed by atoms with E-state index in [0.717, 1.165) is 5.69 Å². The molecule has 0 amide bonds. The highest BCUT2D eigenvalue weighted by atomic mass is 16.7. The van der Waals surface area contributed by atoms with Crippen LogP contribution in [0.5, 0.6) is 11.5 Å².